The topological polar surface area (TPSA) is 45.5 Å². The van der Waals surface area contributed by atoms with E-state index in [2.05, 4.69) is 5.32 Å². The lowest BCUT2D eigenvalue weighted by molar-refractivity contribution is -0.131. The highest BCUT2D eigenvalue weighted by Gasteiger charge is 2.19. The molecule has 1 amide bonds. The zero-order chi connectivity index (χ0) is 13.0. The van der Waals surface area contributed by atoms with Crippen molar-refractivity contribution in [3.05, 3.63) is 23.7 Å². The minimum Gasteiger partial charge on any atom is -0.469 e. The van der Waals surface area contributed by atoms with Crippen LogP contribution in [0.4, 0.5) is 0 Å². The van der Waals surface area contributed by atoms with Gasteiger partial charge in [0.2, 0.25) is 5.91 Å². The van der Waals surface area contributed by atoms with Crippen LogP contribution in [0.5, 0.6) is 0 Å². The molecule has 1 fully saturated rings. The zero-order valence-electron chi connectivity index (χ0n) is 11.2. The maximum absolute atomic E-state index is 12.1. The molecule has 4 heteroatoms. The molecule has 4 nitrogen and oxygen atoms in total. The fourth-order valence-electron chi connectivity index (χ4n) is 2.42. The predicted molar refractivity (Wildman–Crippen MR) is 70.1 cm³/mol. The Kier molecular flexibility index (Phi) is 4.42. The molecule has 1 aromatic rings. The average molecular weight is 250 g/mol. The van der Waals surface area contributed by atoms with E-state index < -0.39 is 0 Å². The van der Waals surface area contributed by atoms with Gasteiger partial charge in [-0.05, 0) is 44.8 Å². The quantitative estimate of drug-likeness (QED) is 0.888. The molecule has 1 unspecified atom stereocenters. The van der Waals surface area contributed by atoms with Crippen molar-refractivity contribution >= 4 is 5.91 Å². The van der Waals surface area contributed by atoms with Gasteiger partial charge >= 0.3 is 0 Å². The Balaban J connectivity index is 1.83. The van der Waals surface area contributed by atoms with Crippen LogP contribution in [0, 0.1) is 12.8 Å². The van der Waals surface area contributed by atoms with Crippen molar-refractivity contribution in [1.82, 2.24) is 10.2 Å². The fourth-order valence-corrected chi connectivity index (χ4v) is 2.42. The van der Waals surface area contributed by atoms with E-state index in [4.69, 9.17) is 4.42 Å². The second-order valence-electron chi connectivity index (χ2n) is 5.17. The Hall–Kier alpha value is -1.29. The maximum Gasteiger partial charge on any atom is 0.222 e. The standard InChI is InChI=1S/C14H22N2O2/c1-11-13(5-7-18-11)10-16(2)14(17)8-12-4-3-6-15-9-12/h5,7,12,15H,3-4,6,8-10H2,1-2H3. The Morgan fingerprint density at radius 1 is 1.61 bits per heavy atom. The highest BCUT2D eigenvalue weighted by atomic mass is 16.3. The van der Waals surface area contributed by atoms with Gasteiger partial charge in [-0.2, -0.15) is 0 Å². The zero-order valence-corrected chi connectivity index (χ0v) is 11.2. The minimum absolute atomic E-state index is 0.226. The van der Waals surface area contributed by atoms with Crippen molar-refractivity contribution in [2.45, 2.75) is 32.7 Å². The molecule has 18 heavy (non-hydrogen) atoms. The SMILES string of the molecule is Cc1occc1CN(C)C(=O)CC1CCCNC1. The molecule has 1 aromatic heterocycles. The van der Waals surface area contributed by atoms with Crippen LogP contribution in [0.25, 0.3) is 0 Å². The molecule has 100 valence electrons. The molecule has 1 atom stereocenters. The molecule has 0 radical (unpaired) electrons. The largest absolute Gasteiger partial charge is 0.469 e. The van der Waals surface area contributed by atoms with Gasteiger partial charge in [-0.1, -0.05) is 0 Å². The molecule has 1 N–H and O–H groups in total. The number of hydrogen-bond donors (Lipinski definition) is 1. The van der Waals surface area contributed by atoms with Gasteiger partial charge in [-0.25, -0.2) is 0 Å². The number of furan rings is 1. The highest BCUT2D eigenvalue weighted by molar-refractivity contribution is 5.76. The van der Waals surface area contributed by atoms with Crippen molar-refractivity contribution in [1.29, 1.82) is 0 Å². The molecule has 1 aliphatic rings. The third-order valence-electron chi connectivity index (χ3n) is 3.66. The van der Waals surface area contributed by atoms with Crippen LogP contribution in [0.2, 0.25) is 0 Å². The first kappa shape index (κ1) is 13.1. The Labute approximate surface area is 108 Å². The van der Waals surface area contributed by atoms with Crippen LogP contribution in [-0.4, -0.2) is 30.9 Å². The molecule has 0 bridgehead atoms. The van der Waals surface area contributed by atoms with E-state index in [1.807, 2.05) is 20.0 Å². The van der Waals surface area contributed by atoms with Crippen molar-refractivity contribution < 1.29 is 9.21 Å². The van der Waals surface area contributed by atoms with E-state index in [1.165, 1.54) is 6.42 Å². The van der Waals surface area contributed by atoms with Gasteiger partial charge in [0.25, 0.3) is 0 Å². The number of carbonyl (C=O) groups is 1. The molecule has 2 rings (SSSR count). The minimum atomic E-state index is 0.226. The van der Waals surface area contributed by atoms with Gasteiger partial charge < -0.3 is 14.6 Å². The molecule has 0 spiro atoms. The van der Waals surface area contributed by atoms with Crippen LogP contribution >= 0.6 is 0 Å². The van der Waals surface area contributed by atoms with Crippen molar-refractivity contribution in [3.63, 3.8) is 0 Å². The number of rotatable bonds is 4. The maximum atomic E-state index is 12.1. The fraction of sp³-hybridized carbons (Fsp3) is 0.643. The van der Waals surface area contributed by atoms with Crippen LogP contribution in [0.1, 0.15) is 30.6 Å². The van der Waals surface area contributed by atoms with Gasteiger partial charge in [-0.3, -0.25) is 4.79 Å². The Morgan fingerprint density at radius 3 is 3.06 bits per heavy atom. The predicted octanol–water partition coefficient (Wildman–Crippen LogP) is 1.94. The first-order valence-corrected chi connectivity index (χ1v) is 6.64. The summed E-state index contributed by atoms with van der Waals surface area (Å²) in [6.07, 6.45) is 4.67. The molecule has 1 aliphatic heterocycles. The van der Waals surface area contributed by atoms with E-state index in [0.717, 1.165) is 30.8 Å². The number of piperidine rings is 1. The summed E-state index contributed by atoms with van der Waals surface area (Å²) in [6.45, 7) is 4.64. The number of aryl methyl sites for hydroxylation is 1. The van der Waals surface area contributed by atoms with Crippen molar-refractivity contribution in [2.24, 2.45) is 5.92 Å². The molecular formula is C14H22N2O2. The molecular weight excluding hydrogens is 228 g/mol. The Morgan fingerprint density at radius 2 is 2.44 bits per heavy atom. The van der Waals surface area contributed by atoms with Crippen LogP contribution in [-0.2, 0) is 11.3 Å². The summed E-state index contributed by atoms with van der Waals surface area (Å²) >= 11 is 0. The summed E-state index contributed by atoms with van der Waals surface area (Å²) in [5.41, 5.74) is 1.09. The molecule has 0 aliphatic carbocycles. The van der Waals surface area contributed by atoms with E-state index in [1.54, 1.807) is 11.2 Å². The van der Waals surface area contributed by atoms with E-state index in [9.17, 15) is 4.79 Å². The molecule has 2 heterocycles. The first-order valence-electron chi connectivity index (χ1n) is 6.64. The van der Waals surface area contributed by atoms with Gasteiger partial charge in [0.05, 0.1) is 6.26 Å². The first-order chi connectivity index (χ1) is 8.66. The third kappa shape index (κ3) is 3.35. The normalized spacial score (nSPS) is 19.8. The van der Waals surface area contributed by atoms with Gasteiger partial charge in [-0.15, -0.1) is 0 Å². The number of amides is 1. The summed E-state index contributed by atoms with van der Waals surface area (Å²) in [6, 6.07) is 1.93. The third-order valence-corrected chi connectivity index (χ3v) is 3.66. The second kappa shape index (κ2) is 6.05. The summed E-state index contributed by atoms with van der Waals surface area (Å²) in [7, 11) is 1.87. The number of nitrogens with one attached hydrogen (secondary N) is 1. The van der Waals surface area contributed by atoms with E-state index >= 15 is 0 Å². The van der Waals surface area contributed by atoms with E-state index in [-0.39, 0.29) is 5.91 Å². The Bertz CT molecular complexity index is 394. The smallest absolute Gasteiger partial charge is 0.222 e. The van der Waals surface area contributed by atoms with Crippen LogP contribution < -0.4 is 5.32 Å². The van der Waals surface area contributed by atoms with Crippen molar-refractivity contribution in [3.8, 4) is 0 Å². The van der Waals surface area contributed by atoms with Crippen molar-refractivity contribution in [2.75, 3.05) is 20.1 Å². The number of hydrogen-bond acceptors (Lipinski definition) is 3. The summed E-state index contributed by atoms with van der Waals surface area (Å²) in [5, 5.41) is 3.35. The van der Waals surface area contributed by atoms with Crippen LogP contribution in [0.3, 0.4) is 0 Å². The summed E-state index contributed by atoms with van der Waals surface area (Å²) < 4.78 is 5.25. The molecule has 0 aromatic carbocycles. The lowest BCUT2D eigenvalue weighted by Gasteiger charge is -2.25. The van der Waals surface area contributed by atoms with Crippen LogP contribution in [0.15, 0.2) is 16.7 Å². The van der Waals surface area contributed by atoms with E-state index in [0.29, 0.717) is 18.9 Å². The molecule has 1 saturated heterocycles. The molecule has 0 saturated carbocycles. The number of nitrogens with zero attached hydrogens (tertiary/aromatic N) is 1. The van der Waals surface area contributed by atoms with Gasteiger partial charge in [0, 0.05) is 25.6 Å². The van der Waals surface area contributed by atoms with Gasteiger partial charge in [0.1, 0.15) is 5.76 Å². The highest BCUT2D eigenvalue weighted by Crippen LogP contribution is 2.17. The van der Waals surface area contributed by atoms with Gasteiger partial charge in [0.15, 0.2) is 0 Å². The summed E-state index contributed by atoms with van der Waals surface area (Å²) in [4.78, 5) is 13.9. The second-order valence-corrected chi connectivity index (χ2v) is 5.17. The lowest BCUT2D eigenvalue weighted by atomic mass is 9.95. The monoisotopic (exact) mass is 250 g/mol. The average Bonchev–Trinajstić information content (AvgIpc) is 2.76. The lowest BCUT2D eigenvalue weighted by Crippen LogP contribution is -2.34. The summed E-state index contributed by atoms with van der Waals surface area (Å²) in [5.74, 6) is 1.62. The number of carbonyl (C=O) groups excluding carboxylic acids is 1.